The van der Waals surface area contributed by atoms with Crippen molar-refractivity contribution in [2.45, 2.75) is 20.0 Å². The molecule has 0 spiro atoms. The normalized spacial score (nSPS) is 15.8. The maximum atomic E-state index is 5.44. The minimum absolute atomic E-state index is 0.858. The summed E-state index contributed by atoms with van der Waals surface area (Å²) in [6, 6.07) is 4.26. The van der Waals surface area contributed by atoms with Crippen molar-refractivity contribution in [3.8, 4) is 0 Å². The Bertz CT molecular complexity index is 660. The Balaban J connectivity index is 1.55. The molecular weight excluding hydrogens is 328 g/mol. The Labute approximate surface area is 145 Å². The summed E-state index contributed by atoms with van der Waals surface area (Å²) in [5, 5.41) is 8.86. The summed E-state index contributed by atoms with van der Waals surface area (Å²) >= 11 is 7.01. The molecule has 23 heavy (non-hydrogen) atoms. The first-order chi connectivity index (χ1) is 11.3. The topological polar surface area (TPSA) is 51.7 Å². The molecule has 0 radical (unpaired) electrons. The van der Waals surface area contributed by atoms with Gasteiger partial charge in [0.25, 0.3) is 0 Å². The average Bonchev–Trinajstić information content (AvgIpc) is 2.94. The lowest BCUT2D eigenvalue weighted by atomic mass is 10.3. The predicted octanol–water partition coefficient (Wildman–Crippen LogP) is 0.673. The Morgan fingerprint density at radius 2 is 2.09 bits per heavy atom. The lowest BCUT2D eigenvalue weighted by molar-refractivity contribution is -0.924. The van der Waals surface area contributed by atoms with Crippen LogP contribution in [-0.4, -0.2) is 42.5 Å². The van der Waals surface area contributed by atoms with Gasteiger partial charge in [0, 0.05) is 24.4 Å². The van der Waals surface area contributed by atoms with Crippen LogP contribution in [0.2, 0.25) is 0 Å². The van der Waals surface area contributed by atoms with Crippen LogP contribution >= 0.6 is 23.6 Å². The van der Waals surface area contributed by atoms with Crippen LogP contribution in [-0.2, 0) is 6.67 Å². The number of H-pyrrole nitrogens is 1. The number of pyridine rings is 1. The van der Waals surface area contributed by atoms with E-state index in [2.05, 4.69) is 39.4 Å². The molecule has 1 saturated heterocycles. The van der Waals surface area contributed by atoms with Gasteiger partial charge >= 0.3 is 0 Å². The number of quaternary nitrogens is 1. The minimum Gasteiger partial charge on any atom is -0.360 e. The summed E-state index contributed by atoms with van der Waals surface area (Å²) in [6.07, 6.45) is 5.05. The molecule has 1 aliphatic rings. The van der Waals surface area contributed by atoms with E-state index >= 15 is 0 Å². The van der Waals surface area contributed by atoms with E-state index in [1.54, 1.807) is 11.3 Å². The first-order valence-electron chi connectivity index (χ1n) is 8.12. The van der Waals surface area contributed by atoms with E-state index in [0.29, 0.717) is 0 Å². The highest BCUT2D eigenvalue weighted by Gasteiger charge is 2.21. The summed E-state index contributed by atoms with van der Waals surface area (Å²) < 4.78 is 2.83. The Kier molecular flexibility index (Phi) is 5.58. The fourth-order valence-electron chi connectivity index (χ4n) is 2.75. The summed E-state index contributed by atoms with van der Waals surface area (Å²) in [7, 11) is 0. The fraction of sp³-hybridized carbons (Fsp3) is 0.533. The molecule has 1 aliphatic heterocycles. The van der Waals surface area contributed by atoms with Crippen LogP contribution in [0.1, 0.15) is 13.3 Å². The SMILES string of the molecule is CCCNc1nn(C[NH+]2CCN(c3cc[nH+]cc3)CC2)c(=S)s1. The lowest BCUT2D eigenvalue weighted by Crippen LogP contribution is -3.14. The number of hydrogen-bond donors (Lipinski definition) is 2. The van der Waals surface area contributed by atoms with Crippen molar-refractivity contribution in [2.24, 2.45) is 0 Å². The van der Waals surface area contributed by atoms with Gasteiger partial charge in [-0.3, -0.25) is 0 Å². The molecule has 0 atom stereocenters. The van der Waals surface area contributed by atoms with Crippen LogP contribution in [0.5, 0.6) is 0 Å². The molecule has 3 N–H and O–H groups in total. The average molecular weight is 353 g/mol. The summed E-state index contributed by atoms with van der Waals surface area (Å²) in [5.41, 5.74) is 1.29. The number of rotatable bonds is 6. The molecule has 0 saturated carbocycles. The van der Waals surface area contributed by atoms with Gasteiger partial charge < -0.3 is 15.1 Å². The molecule has 0 aromatic carbocycles. The van der Waals surface area contributed by atoms with Gasteiger partial charge in [-0.1, -0.05) is 18.3 Å². The number of piperazine rings is 1. The Morgan fingerprint density at radius 3 is 2.78 bits per heavy atom. The highest BCUT2D eigenvalue weighted by molar-refractivity contribution is 7.73. The van der Waals surface area contributed by atoms with Crippen molar-refractivity contribution in [3.05, 3.63) is 28.5 Å². The van der Waals surface area contributed by atoms with Gasteiger partial charge in [0.05, 0.1) is 26.2 Å². The van der Waals surface area contributed by atoms with Crippen LogP contribution in [0, 0.1) is 3.95 Å². The molecule has 0 unspecified atom stereocenters. The highest BCUT2D eigenvalue weighted by Crippen LogP contribution is 2.13. The summed E-state index contributed by atoms with van der Waals surface area (Å²) in [6.45, 7) is 8.31. The van der Waals surface area contributed by atoms with E-state index in [-0.39, 0.29) is 0 Å². The molecule has 3 rings (SSSR count). The van der Waals surface area contributed by atoms with Gasteiger partial charge in [0.2, 0.25) is 5.13 Å². The quantitative estimate of drug-likeness (QED) is 0.751. The molecular formula is C15H24N6S2+2. The second kappa shape index (κ2) is 7.85. The smallest absolute Gasteiger partial charge is 0.204 e. The molecule has 0 aliphatic carbocycles. The molecule has 6 nitrogen and oxygen atoms in total. The zero-order valence-electron chi connectivity index (χ0n) is 13.4. The fourth-order valence-corrected chi connectivity index (χ4v) is 3.78. The lowest BCUT2D eigenvalue weighted by Gasteiger charge is -2.33. The minimum atomic E-state index is 0.858. The van der Waals surface area contributed by atoms with E-state index in [1.807, 2.05) is 17.1 Å². The van der Waals surface area contributed by atoms with Gasteiger partial charge in [-0.25, -0.2) is 4.98 Å². The number of nitrogens with one attached hydrogen (secondary N) is 3. The van der Waals surface area contributed by atoms with E-state index in [9.17, 15) is 0 Å². The van der Waals surface area contributed by atoms with Crippen LogP contribution in [0.25, 0.3) is 0 Å². The maximum absolute atomic E-state index is 5.44. The van der Waals surface area contributed by atoms with Crippen LogP contribution in [0.4, 0.5) is 10.8 Å². The van der Waals surface area contributed by atoms with Crippen molar-refractivity contribution in [2.75, 3.05) is 42.9 Å². The van der Waals surface area contributed by atoms with Gasteiger partial charge in [0.15, 0.2) is 23.0 Å². The number of anilines is 2. The third-order valence-electron chi connectivity index (χ3n) is 4.04. The molecule has 2 aromatic heterocycles. The van der Waals surface area contributed by atoms with E-state index < -0.39 is 0 Å². The van der Waals surface area contributed by atoms with Crippen molar-refractivity contribution in [3.63, 3.8) is 0 Å². The molecule has 0 bridgehead atoms. The van der Waals surface area contributed by atoms with E-state index in [4.69, 9.17) is 12.2 Å². The zero-order valence-corrected chi connectivity index (χ0v) is 15.1. The monoisotopic (exact) mass is 352 g/mol. The van der Waals surface area contributed by atoms with Gasteiger partial charge in [-0.2, -0.15) is 4.68 Å². The second-order valence-electron chi connectivity index (χ2n) is 5.75. The van der Waals surface area contributed by atoms with Gasteiger partial charge in [0.1, 0.15) is 0 Å². The molecule has 2 aromatic rings. The summed E-state index contributed by atoms with van der Waals surface area (Å²) in [5.74, 6) is 0. The number of nitrogens with zero attached hydrogens (tertiary/aromatic N) is 3. The predicted molar refractivity (Wildman–Crippen MR) is 95.6 cm³/mol. The standard InChI is InChI=1S/C15H22N6S2/c1-2-5-17-14-18-21(15(22)23-14)12-19-8-10-20(11-9-19)13-3-6-16-7-4-13/h3-4,6-7H,2,5,8-12H2,1H3,(H,17,18)/p+2. The number of aromatic nitrogens is 3. The van der Waals surface area contributed by atoms with Crippen molar-refractivity contribution in [1.82, 2.24) is 9.78 Å². The number of aromatic amines is 1. The third-order valence-corrected chi connectivity index (χ3v) is 5.31. The maximum Gasteiger partial charge on any atom is 0.204 e. The summed E-state index contributed by atoms with van der Waals surface area (Å²) in [4.78, 5) is 7.05. The number of hydrogen-bond acceptors (Lipinski definition) is 5. The van der Waals surface area contributed by atoms with Crippen molar-refractivity contribution >= 4 is 34.4 Å². The molecule has 1 fully saturated rings. The Hall–Kier alpha value is -1.51. The third kappa shape index (κ3) is 4.27. The first-order valence-corrected chi connectivity index (χ1v) is 9.35. The van der Waals surface area contributed by atoms with Crippen LogP contribution in [0.3, 0.4) is 0 Å². The molecule has 0 amide bonds. The largest absolute Gasteiger partial charge is 0.360 e. The van der Waals surface area contributed by atoms with Crippen molar-refractivity contribution in [1.29, 1.82) is 0 Å². The van der Waals surface area contributed by atoms with Gasteiger partial charge in [-0.05, 0) is 18.6 Å². The zero-order chi connectivity index (χ0) is 16.1. The van der Waals surface area contributed by atoms with Crippen LogP contribution < -0.4 is 20.1 Å². The second-order valence-corrected chi connectivity index (χ2v) is 7.38. The van der Waals surface area contributed by atoms with Crippen molar-refractivity contribution < 1.29 is 9.88 Å². The highest BCUT2D eigenvalue weighted by atomic mass is 32.1. The Morgan fingerprint density at radius 1 is 1.35 bits per heavy atom. The first kappa shape index (κ1) is 16.4. The van der Waals surface area contributed by atoms with E-state index in [0.717, 1.165) is 54.9 Å². The molecule has 8 heteroatoms. The van der Waals surface area contributed by atoms with Gasteiger partial charge in [-0.15, -0.1) is 5.10 Å². The molecule has 3 heterocycles. The molecule has 124 valence electrons. The van der Waals surface area contributed by atoms with E-state index in [1.165, 1.54) is 10.6 Å². The van der Waals surface area contributed by atoms with Crippen LogP contribution in [0.15, 0.2) is 24.5 Å².